The number of esters is 1. The summed E-state index contributed by atoms with van der Waals surface area (Å²) in [5.41, 5.74) is 2.89. The van der Waals surface area contributed by atoms with E-state index in [-0.39, 0.29) is 23.9 Å². The predicted octanol–water partition coefficient (Wildman–Crippen LogP) is 2.12. The lowest BCUT2D eigenvalue weighted by Gasteiger charge is -2.30. The van der Waals surface area contributed by atoms with Crippen LogP contribution in [0.4, 0.5) is 0 Å². The monoisotopic (exact) mass is 532 g/mol. The molecule has 1 atom stereocenters. The molecule has 3 aromatic heterocycles. The summed E-state index contributed by atoms with van der Waals surface area (Å²) in [7, 11) is 2.99. The van der Waals surface area contributed by atoms with E-state index >= 15 is 0 Å². The third-order valence-electron chi connectivity index (χ3n) is 7.13. The van der Waals surface area contributed by atoms with Gasteiger partial charge in [0.1, 0.15) is 11.4 Å². The Hall–Kier alpha value is -4.74. The van der Waals surface area contributed by atoms with Gasteiger partial charge >= 0.3 is 11.7 Å². The van der Waals surface area contributed by atoms with Gasteiger partial charge in [-0.3, -0.25) is 19.0 Å². The lowest BCUT2D eigenvalue weighted by Crippen LogP contribution is -2.33. The molecule has 5 rings (SSSR count). The Bertz CT molecular complexity index is 1700. The van der Waals surface area contributed by atoms with Crippen LogP contribution in [0, 0.1) is 5.41 Å². The van der Waals surface area contributed by atoms with Gasteiger partial charge in [0, 0.05) is 32.3 Å². The molecule has 0 bridgehead atoms. The van der Waals surface area contributed by atoms with Gasteiger partial charge in [-0.05, 0) is 43.9 Å². The van der Waals surface area contributed by atoms with E-state index in [1.165, 1.54) is 28.5 Å². The quantitative estimate of drug-likeness (QED) is 0.271. The number of ether oxygens (including phenoxy) is 1. The first-order valence-corrected chi connectivity index (χ1v) is 12.4. The molecule has 12 nitrogen and oxygen atoms in total. The third kappa shape index (κ3) is 5.05. The fourth-order valence-corrected chi connectivity index (χ4v) is 4.63. The van der Waals surface area contributed by atoms with Gasteiger partial charge < -0.3 is 19.8 Å². The minimum atomic E-state index is -0.558. The smallest absolute Gasteiger partial charge is 0.419 e. The second-order valence-electron chi connectivity index (χ2n) is 9.84. The Morgan fingerprint density at radius 1 is 1.13 bits per heavy atom. The number of oxazole rings is 1. The van der Waals surface area contributed by atoms with E-state index in [4.69, 9.17) is 9.15 Å². The summed E-state index contributed by atoms with van der Waals surface area (Å²) in [6.45, 7) is 2.36. The highest BCUT2D eigenvalue weighted by molar-refractivity contribution is 5.98. The molecule has 39 heavy (non-hydrogen) atoms. The number of carbonyl (C=O) groups excluding carboxylic acids is 3. The fourth-order valence-electron chi connectivity index (χ4n) is 4.63. The maximum Gasteiger partial charge on any atom is 0.419 e. The number of aromatic nitrogens is 4. The van der Waals surface area contributed by atoms with Crippen LogP contribution in [0.25, 0.3) is 16.7 Å². The van der Waals surface area contributed by atoms with Crippen molar-refractivity contribution in [1.82, 2.24) is 29.8 Å². The number of aryl methyl sites for hydroxylation is 1. The Morgan fingerprint density at radius 3 is 2.67 bits per heavy atom. The number of rotatable bonds is 7. The van der Waals surface area contributed by atoms with E-state index in [1.54, 1.807) is 31.3 Å². The molecular formula is C27H28N6O6. The van der Waals surface area contributed by atoms with Crippen molar-refractivity contribution in [2.24, 2.45) is 12.5 Å². The van der Waals surface area contributed by atoms with Gasteiger partial charge in [-0.2, -0.15) is 5.10 Å². The Morgan fingerprint density at radius 2 is 1.92 bits per heavy atom. The van der Waals surface area contributed by atoms with Gasteiger partial charge in [-0.25, -0.2) is 14.3 Å². The topological polar surface area (TPSA) is 150 Å². The van der Waals surface area contributed by atoms with E-state index in [0.29, 0.717) is 42.6 Å². The normalized spacial score (nSPS) is 17.2. The van der Waals surface area contributed by atoms with Crippen LogP contribution in [-0.2, 0) is 23.1 Å². The maximum atomic E-state index is 13.1. The highest BCUT2D eigenvalue weighted by Gasteiger charge is 2.35. The molecule has 0 aliphatic heterocycles. The van der Waals surface area contributed by atoms with E-state index in [1.807, 2.05) is 13.0 Å². The number of fused-ring (bicyclic) bond motifs is 2. The molecule has 2 N–H and O–H groups in total. The zero-order valence-corrected chi connectivity index (χ0v) is 21.8. The third-order valence-corrected chi connectivity index (χ3v) is 7.13. The molecule has 202 valence electrons. The lowest BCUT2D eigenvalue weighted by atomic mass is 9.76. The second kappa shape index (κ2) is 10.2. The van der Waals surface area contributed by atoms with Crippen LogP contribution in [0.5, 0.6) is 0 Å². The summed E-state index contributed by atoms with van der Waals surface area (Å²) in [4.78, 5) is 54.2. The standard InChI is InChI=1S/C27H28N6O6/c1-27(25(36)38-3)9-6-16(7-10-27)14-29-24(35)20-13-18(31-22-8-11-30-33(20)22)23(34)28-15-17-4-5-21-19(12-17)32(2)26(37)39-21/h4-6,8,11-13H,7,9-10,14-15H2,1-3H3,(H,28,34)(H,29,35). The zero-order valence-electron chi connectivity index (χ0n) is 21.8. The van der Waals surface area contributed by atoms with Crippen molar-refractivity contribution in [3.05, 3.63) is 75.7 Å². The molecule has 1 aliphatic rings. The molecule has 0 spiro atoms. The Kier molecular flexibility index (Phi) is 6.77. The summed E-state index contributed by atoms with van der Waals surface area (Å²) in [6.07, 6.45) is 5.30. The van der Waals surface area contributed by atoms with Gasteiger partial charge in [0.05, 0.1) is 24.2 Å². The van der Waals surface area contributed by atoms with Crippen molar-refractivity contribution in [2.75, 3.05) is 13.7 Å². The molecule has 0 radical (unpaired) electrons. The number of benzene rings is 1. The van der Waals surface area contributed by atoms with E-state index in [9.17, 15) is 19.2 Å². The van der Waals surface area contributed by atoms with Crippen LogP contribution < -0.4 is 16.4 Å². The zero-order chi connectivity index (χ0) is 27.7. The molecule has 0 saturated heterocycles. The highest BCUT2D eigenvalue weighted by atomic mass is 16.5. The van der Waals surface area contributed by atoms with Crippen LogP contribution in [0.15, 0.2) is 57.4 Å². The van der Waals surface area contributed by atoms with Crippen molar-refractivity contribution in [3.8, 4) is 0 Å². The van der Waals surface area contributed by atoms with Crippen molar-refractivity contribution in [2.45, 2.75) is 32.7 Å². The van der Waals surface area contributed by atoms with Crippen LogP contribution >= 0.6 is 0 Å². The molecule has 1 aromatic carbocycles. The highest BCUT2D eigenvalue weighted by Crippen LogP contribution is 2.35. The van der Waals surface area contributed by atoms with Gasteiger partial charge in [-0.1, -0.05) is 17.7 Å². The summed E-state index contributed by atoms with van der Waals surface area (Å²) in [6, 6.07) is 8.21. The van der Waals surface area contributed by atoms with E-state index in [0.717, 1.165) is 11.1 Å². The SMILES string of the molecule is COC(=O)C1(C)CC=C(CNC(=O)c2cc(C(=O)NCc3ccc4oc(=O)n(C)c4c3)nc3ccnn23)CC1. The van der Waals surface area contributed by atoms with Crippen LogP contribution in [0.3, 0.4) is 0 Å². The first kappa shape index (κ1) is 25.9. The van der Waals surface area contributed by atoms with Crippen LogP contribution in [0.1, 0.15) is 52.7 Å². The first-order chi connectivity index (χ1) is 18.7. The summed E-state index contributed by atoms with van der Waals surface area (Å²) >= 11 is 0. The van der Waals surface area contributed by atoms with Gasteiger partial charge in [0.15, 0.2) is 11.2 Å². The van der Waals surface area contributed by atoms with E-state index < -0.39 is 23.0 Å². The summed E-state index contributed by atoms with van der Waals surface area (Å²) < 4.78 is 12.8. The van der Waals surface area contributed by atoms with Gasteiger partial charge in [0.25, 0.3) is 11.8 Å². The second-order valence-corrected chi connectivity index (χ2v) is 9.84. The van der Waals surface area contributed by atoms with Crippen molar-refractivity contribution in [1.29, 1.82) is 0 Å². The number of hydrogen-bond donors (Lipinski definition) is 2. The Balaban J connectivity index is 1.28. The largest absolute Gasteiger partial charge is 0.469 e. The summed E-state index contributed by atoms with van der Waals surface area (Å²) in [5, 5.41) is 9.87. The number of nitrogens with one attached hydrogen (secondary N) is 2. The van der Waals surface area contributed by atoms with Crippen LogP contribution in [0.2, 0.25) is 0 Å². The number of hydrogen-bond acceptors (Lipinski definition) is 8. The van der Waals surface area contributed by atoms with Crippen molar-refractivity contribution in [3.63, 3.8) is 0 Å². The summed E-state index contributed by atoms with van der Waals surface area (Å²) in [5.74, 6) is -1.58. The van der Waals surface area contributed by atoms with E-state index in [2.05, 4.69) is 20.7 Å². The maximum absolute atomic E-state index is 13.1. The molecule has 3 heterocycles. The minimum absolute atomic E-state index is 0.0654. The minimum Gasteiger partial charge on any atom is -0.469 e. The molecular weight excluding hydrogens is 504 g/mol. The fraction of sp³-hybridized carbons (Fsp3) is 0.333. The Labute approximate surface area is 222 Å². The molecule has 1 unspecified atom stereocenters. The van der Waals surface area contributed by atoms with Gasteiger partial charge in [0.2, 0.25) is 0 Å². The number of amides is 2. The average molecular weight is 533 g/mol. The van der Waals surface area contributed by atoms with Crippen molar-refractivity contribution >= 4 is 34.5 Å². The van der Waals surface area contributed by atoms with Gasteiger partial charge in [-0.15, -0.1) is 0 Å². The first-order valence-electron chi connectivity index (χ1n) is 12.4. The predicted molar refractivity (Wildman–Crippen MR) is 140 cm³/mol. The lowest BCUT2D eigenvalue weighted by molar-refractivity contribution is -0.152. The number of carbonyl (C=O) groups is 3. The van der Waals surface area contributed by atoms with Crippen molar-refractivity contribution < 1.29 is 23.5 Å². The number of nitrogens with zero attached hydrogens (tertiary/aromatic N) is 4. The molecule has 2 amide bonds. The average Bonchev–Trinajstić information content (AvgIpc) is 3.53. The van der Waals surface area contributed by atoms with Crippen LogP contribution in [-0.4, -0.2) is 50.6 Å². The number of methoxy groups -OCH3 is 1. The molecule has 1 aliphatic carbocycles. The number of allylic oxidation sites excluding steroid dienone is 1. The molecule has 0 saturated carbocycles. The molecule has 0 fully saturated rings. The molecule has 12 heteroatoms. The molecule has 4 aromatic rings.